The molecule has 234 valence electrons. The molecule has 2 aromatic carbocycles. The number of thiophene rings is 1. The van der Waals surface area contributed by atoms with Crippen molar-refractivity contribution in [1.82, 2.24) is 19.4 Å². The molecule has 12 heteroatoms. The van der Waals surface area contributed by atoms with Crippen molar-refractivity contribution in [2.24, 2.45) is 7.05 Å². The molecule has 2 unspecified atom stereocenters. The monoisotopic (exact) mass is 628 g/mol. The number of likely N-dealkylation sites (N-methyl/N-ethyl adjacent to an activating group) is 2. The van der Waals surface area contributed by atoms with Gasteiger partial charge >= 0.3 is 6.09 Å². The van der Waals surface area contributed by atoms with Gasteiger partial charge in [0.2, 0.25) is 5.91 Å². The number of aliphatic hydroxyl groups excluding tert-OH is 1. The Hall–Kier alpha value is -4.52. The second-order valence-electron chi connectivity index (χ2n) is 11.6. The van der Waals surface area contributed by atoms with Crippen LogP contribution in [0, 0.1) is 6.92 Å². The normalized spacial score (nSPS) is 18.4. The highest BCUT2D eigenvalue weighted by Crippen LogP contribution is 2.40. The Morgan fingerprint density at radius 2 is 1.87 bits per heavy atom. The van der Waals surface area contributed by atoms with E-state index in [1.807, 2.05) is 62.3 Å². The number of nitrogens with zero attached hydrogens (tertiary/aromatic N) is 4. The fraction of sp³-hybridized carbons (Fsp3) is 0.333. The van der Waals surface area contributed by atoms with Crippen LogP contribution in [0.25, 0.3) is 11.3 Å². The first kappa shape index (κ1) is 30.5. The number of rotatable bonds is 6. The second kappa shape index (κ2) is 12.5. The minimum atomic E-state index is -0.629. The quantitative estimate of drug-likeness (QED) is 0.273. The van der Waals surface area contributed by atoms with Crippen molar-refractivity contribution >= 4 is 40.5 Å². The van der Waals surface area contributed by atoms with Gasteiger partial charge in [-0.05, 0) is 74.2 Å². The highest BCUT2D eigenvalue weighted by Gasteiger charge is 2.32. The van der Waals surface area contributed by atoms with E-state index >= 15 is 0 Å². The van der Waals surface area contributed by atoms with E-state index in [4.69, 9.17) is 4.74 Å². The van der Waals surface area contributed by atoms with Crippen molar-refractivity contribution in [3.8, 4) is 16.3 Å². The van der Waals surface area contributed by atoms with Gasteiger partial charge in [-0.2, -0.15) is 0 Å². The van der Waals surface area contributed by atoms with E-state index < -0.39 is 12.2 Å². The van der Waals surface area contributed by atoms with Gasteiger partial charge in [-0.25, -0.2) is 9.78 Å². The predicted molar refractivity (Wildman–Crippen MR) is 174 cm³/mol. The molecule has 1 saturated heterocycles. The maximum Gasteiger partial charge on any atom is 0.417 e. The van der Waals surface area contributed by atoms with Crippen molar-refractivity contribution in [3.05, 3.63) is 86.6 Å². The van der Waals surface area contributed by atoms with Crippen molar-refractivity contribution in [3.63, 3.8) is 0 Å². The smallest absolute Gasteiger partial charge is 0.399 e. The Kier molecular flexibility index (Phi) is 8.45. The molecular formula is C33H36N6O5S. The molecule has 4 aromatic rings. The van der Waals surface area contributed by atoms with Gasteiger partial charge in [0.1, 0.15) is 6.04 Å². The molecule has 2 aliphatic rings. The summed E-state index contributed by atoms with van der Waals surface area (Å²) in [7, 11) is 5.42. The van der Waals surface area contributed by atoms with Crippen molar-refractivity contribution in [2.75, 3.05) is 37.8 Å². The van der Waals surface area contributed by atoms with Gasteiger partial charge < -0.3 is 24.6 Å². The lowest BCUT2D eigenvalue weighted by Crippen LogP contribution is -2.48. The van der Waals surface area contributed by atoms with Crippen LogP contribution in [0.1, 0.15) is 46.6 Å². The Labute approximate surface area is 265 Å². The van der Waals surface area contributed by atoms with Crippen LogP contribution in [-0.2, 0) is 18.3 Å². The van der Waals surface area contributed by atoms with Crippen molar-refractivity contribution < 1.29 is 19.4 Å². The van der Waals surface area contributed by atoms with Crippen LogP contribution in [0.5, 0.6) is 5.06 Å². The first-order chi connectivity index (χ1) is 21.6. The largest absolute Gasteiger partial charge is 0.417 e. The number of hydrogen-bond donors (Lipinski definition) is 3. The lowest BCUT2D eigenvalue weighted by atomic mass is 9.97. The van der Waals surface area contributed by atoms with E-state index in [1.165, 1.54) is 15.9 Å². The Balaban J connectivity index is 1.20. The Bertz CT molecular complexity index is 1820. The summed E-state index contributed by atoms with van der Waals surface area (Å²) in [5.74, 6) is 0.201. The van der Waals surface area contributed by atoms with Crippen LogP contribution >= 0.6 is 11.3 Å². The number of aryl methyl sites for hydroxylation is 2. The lowest BCUT2D eigenvalue weighted by molar-refractivity contribution is -0.139. The van der Waals surface area contributed by atoms with Crippen molar-refractivity contribution in [2.45, 2.75) is 38.3 Å². The average Bonchev–Trinajstić information content (AvgIpc) is 3.43. The number of aromatic nitrogens is 2. The Morgan fingerprint density at radius 3 is 2.62 bits per heavy atom. The second-order valence-corrected chi connectivity index (χ2v) is 12.7. The van der Waals surface area contributed by atoms with E-state index in [-0.39, 0.29) is 23.3 Å². The zero-order valence-electron chi connectivity index (χ0n) is 25.7. The third-order valence-electron chi connectivity index (χ3n) is 8.48. The molecular weight excluding hydrogens is 592 g/mol. The summed E-state index contributed by atoms with van der Waals surface area (Å²) in [6.07, 6.45) is 3.00. The standard InChI is InChI=1S/C33H36N6O5S/c1-19-23(8-6-9-24(19)36-33(43)44-27-17-21-7-5-10-26(40)29(21)45-27)25-18-39(4)32(42)30(35-25)34-22-13-11-20(12-14-22)28-31(41)38(3)16-15-37(28)2/h6,8-9,11-14,17-18,26,28,40H,5,7,10,15-16H2,1-4H3,(H,34,35)(H,36,43). The van der Waals surface area contributed by atoms with Crippen molar-refractivity contribution in [1.29, 1.82) is 0 Å². The summed E-state index contributed by atoms with van der Waals surface area (Å²) < 4.78 is 7.03. The summed E-state index contributed by atoms with van der Waals surface area (Å²) in [6, 6.07) is 14.4. The van der Waals surface area contributed by atoms with E-state index in [2.05, 4.69) is 15.6 Å². The van der Waals surface area contributed by atoms with Crippen LogP contribution in [0.15, 0.2) is 59.5 Å². The molecule has 1 aliphatic heterocycles. The molecule has 0 saturated carbocycles. The summed E-state index contributed by atoms with van der Waals surface area (Å²) in [5.41, 5.74) is 4.85. The van der Waals surface area contributed by atoms with E-state index in [1.54, 1.807) is 30.3 Å². The van der Waals surface area contributed by atoms with Gasteiger partial charge in [-0.1, -0.05) is 24.3 Å². The minimum absolute atomic E-state index is 0.0538. The van der Waals surface area contributed by atoms with Gasteiger partial charge in [-0.15, -0.1) is 11.3 Å². The summed E-state index contributed by atoms with van der Waals surface area (Å²) in [4.78, 5) is 48.0. The van der Waals surface area contributed by atoms with Crippen LogP contribution in [0.3, 0.4) is 0 Å². The first-order valence-corrected chi connectivity index (χ1v) is 15.7. The molecule has 6 rings (SSSR count). The number of anilines is 3. The zero-order chi connectivity index (χ0) is 31.8. The number of aliphatic hydroxyl groups is 1. The van der Waals surface area contributed by atoms with Gasteiger partial charge in [0.15, 0.2) is 10.9 Å². The number of benzene rings is 2. The van der Waals surface area contributed by atoms with Gasteiger partial charge in [0, 0.05) is 55.2 Å². The van der Waals surface area contributed by atoms with E-state index in [0.29, 0.717) is 35.1 Å². The molecule has 3 heterocycles. The predicted octanol–water partition coefficient (Wildman–Crippen LogP) is 4.99. The number of fused-ring (bicyclic) bond motifs is 1. The molecule has 3 N–H and O–H groups in total. The van der Waals surface area contributed by atoms with Crippen LogP contribution in [0.4, 0.5) is 22.0 Å². The number of amides is 2. The fourth-order valence-electron chi connectivity index (χ4n) is 5.88. The lowest BCUT2D eigenvalue weighted by Gasteiger charge is -2.37. The minimum Gasteiger partial charge on any atom is -0.399 e. The van der Waals surface area contributed by atoms with Gasteiger partial charge in [0.05, 0.1) is 11.8 Å². The molecule has 0 radical (unpaired) electrons. The number of ether oxygens (including phenoxy) is 1. The maximum atomic E-state index is 13.1. The SMILES string of the molecule is Cc1c(NC(=O)Oc2cc3c(s2)C(O)CCC3)cccc1-c1cn(C)c(=O)c(Nc2ccc(C3C(=O)N(C)CCN3C)cc2)n1. The average molecular weight is 629 g/mol. The number of hydrogen-bond acceptors (Lipinski definition) is 9. The fourth-order valence-corrected chi connectivity index (χ4v) is 6.96. The van der Waals surface area contributed by atoms with Crippen LogP contribution in [-0.4, -0.2) is 63.6 Å². The number of carbonyl (C=O) groups excluding carboxylic acids is 2. The topological polar surface area (TPSA) is 129 Å². The molecule has 2 aromatic heterocycles. The molecule has 45 heavy (non-hydrogen) atoms. The highest BCUT2D eigenvalue weighted by molar-refractivity contribution is 7.14. The zero-order valence-corrected chi connectivity index (χ0v) is 26.5. The number of piperazine rings is 1. The summed E-state index contributed by atoms with van der Waals surface area (Å²) >= 11 is 1.30. The molecule has 0 bridgehead atoms. The van der Waals surface area contributed by atoms with E-state index in [0.717, 1.165) is 46.5 Å². The van der Waals surface area contributed by atoms with Gasteiger partial charge in [-0.3, -0.25) is 19.8 Å². The number of carbonyl (C=O) groups is 2. The molecule has 11 nitrogen and oxygen atoms in total. The third kappa shape index (κ3) is 6.21. The third-order valence-corrected chi connectivity index (χ3v) is 9.64. The van der Waals surface area contributed by atoms with Gasteiger partial charge in [0.25, 0.3) is 5.56 Å². The Morgan fingerprint density at radius 1 is 1.09 bits per heavy atom. The molecule has 0 spiro atoms. The number of nitrogens with one attached hydrogen (secondary N) is 2. The van der Waals surface area contributed by atoms with Crippen LogP contribution in [0.2, 0.25) is 0 Å². The van der Waals surface area contributed by atoms with Crippen LogP contribution < -0.4 is 20.9 Å². The maximum absolute atomic E-state index is 13.1. The highest BCUT2D eigenvalue weighted by atomic mass is 32.1. The molecule has 2 atom stereocenters. The first-order valence-electron chi connectivity index (χ1n) is 14.9. The van der Waals surface area contributed by atoms with E-state index in [9.17, 15) is 19.5 Å². The molecule has 1 fully saturated rings. The molecule has 2 amide bonds. The molecule has 1 aliphatic carbocycles. The summed E-state index contributed by atoms with van der Waals surface area (Å²) in [5, 5.41) is 16.7. The summed E-state index contributed by atoms with van der Waals surface area (Å²) in [6.45, 7) is 3.35.